The van der Waals surface area contributed by atoms with E-state index in [1.807, 2.05) is 30.3 Å². The number of hydrogen-bond donors (Lipinski definition) is 2. The highest BCUT2D eigenvalue weighted by atomic mass is 16.4. The first kappa shape index (κ1) is 13.6. The van der Waals surface area contributed by atoms with Gasteiger partial charge in [0.1, 0.15) is 5.76 Å². The van der Waals surface area contributed by atoms with Crippen molar-refractivity contribution >= 4 is 11.8 Å². The molecule has 0 atom stereocenters. The summed E-state index contributed by atoms with van der Waals surface area (Å²) in [6, 6.07) is 10.9. The average Bonchev–Trinajstić information content (AvgIpc) is 2.88. The number of carboxylic acid groups (broad SMARTS) is 1. The quantitative estimate of drug-likeness (QED) is 0.496. The molecule has 0 amide bonds. The minimum Gasteiger partial charge on any atom is -0.502 e. The largest absolute Gasteiger partial charge is 0.502 e. The number of carbonyl (C=O) groups is 2. The van der Waals surface area contributed by atoms with Crippen molar-refractivity contribution in [3.05, 3.63) is 71.4 Å². The third-order valence-electron chi connectivity index (χ3n) is 2.71. The fraction of sp³-hybridized carbons (Fsp3) is 0.0667. The fourth-order valence-electron chi connectivity index (χ4n) is 1.74. The number of aliphatic hydroxyl groups is 1. The van der Waals surface area contributed by atoms with E-state index >= 15 is 0 Å². The van der Waals surface area contributed by atoms with Crippen molar-refractivity contribution in [1.82, 2.24) is 0 Å². The van der Waals surface area contributed by atoms with Crippen molar-refractivity contribution in [3.8, 4) is 0 Å². The molecule has 0 saturated carbocycles. The maximum atomic E-state index is 11.9. The lowest BCUT2D eigenvalue weighted by molar-refractivity contribution is -0.135. The number of allylic oxidation sites excluding steroid dienone is 1. The molecule has 2 rings (SSSR count). The number of carboxylic acids is 1. The molecule has 0 fully saturated rings. The average molecular weight is 272 g/mol. The Morgan fingerprint density at radius 2 is 1.80 bits per heavy atom. The summed E-state index contributed by atoms with van der Waals surface area (Å²) in [5, 5.41) is 17.6. The zero-order valence-electron chi connectivity index (χ0n) is 10.4. The number of aliphatic hydroxyl groups excluding tert-OH is 1. The van der Waals surface area contributed by atoms with Crippen LogP contribution in [-0.4, -0.2) is 22.0 Å². The summed E-state index contributed by atoms with van der Waals surface area (Å²) < 4.78 is 5.25. The number of rotatable bonds is 5. The second kappa shape index (κ2) is 5.88. The first-order valence-corrected chi connectivity index (χ1v) is 5.86. The Hall–Kier alpha value is -2.82. The topological polar surface area (TPSA) is 87.7 Å². The molecule has 0 radical (unpaired) electrons. The van der Waals surface area contributed by atoms with Gasteiger partial charge in [0, 0.05) is 12.5 Å². The molecule has 0 aliphatic heterocycles. The van der Waals surface area contributed by atoms with Gasteiger partial charge in [0.15, 0.2) is 5.78 Å². The molecule has 2 aromatic rings. The number of furan rings is 1. The van der Waals surface area contributed by atoms with Crippen LogP contribution in [0.25, 0.3) is 0 Å². The minimum absolute atomic E-state index is 0.238. The number of carbonyl (C=O) groups excluding carboxylic acids is 1. The fourth-order valence-corrected chi connectivity index (χ4v) is 1.74. The molecule has 0 spiro atoms. The lowest BCUT2D eigenvalue weighted by Gasteiger charge is -2.00. The van der Waals surface area contributed by atoms with Gasteiger partial charge in [-0.05, 0) is 11.6 Å². The molecular formula is C15H12O5. The first-order valence-electron chi connectivity index (χ1n) is 5.86. The van der Waals surface area contributed by atoms with Crippen LogP contribution < -0.4 is 0 Å². The van der Waals surface area contributed by atoms with Crippen LogP contribution in [0.1, 0.15) is 21.7 Å². The molecule has 1 aromatic carbocycles. The standard InChI is InChI=1S/C15H12O5/c16-12(9-13(17)15(18)19)11-6-7-20-14(11)8-10-4-2-1-3-5-10/h1-7,9,17H,8H2,(H,18,19)/b13-9-. The van der Waals surface area contributed by atoms with Gasteiger partial charge in [-0.15, -0.1) is 0 Å². The highest BCUT2D eigenvalue weighted by molar-refractivity contribution is 6.08. The molecule has 1 heterocycles. The van der Waals surface area contributed by atoms with E-state index in [4.69, 9.17) is 14.6 Å². The Bertz CT molecular complexity index is 652. The Balaban J connectivity index is 2.23. The van der Waals surface area contributed by atoms with Gasteiger partial charge in [-0.2, -0.15) is 0 Å². The summed E-state index contributed by atoms with van der Waals surface area (Å²) in [6.07, 6.45) is 2.44. The predicted molar refractivity (Wildman–Crippen MR) is 70.6 cm³/mol. The molecule has 5 heteroatoms. The Labute approximate surface area is 114 Å². The number of benzene rings is 1. The van der Waals surface area contributed by atoms with E-state index in [2.05, 4.69) is 0 Å². The van der Waals surface area contributed by atoms with Gasteiger partial charge in [-0.25, -0.2) is 4.79 Å². The van der Waals surface area contributed by atoms with Gasteiger partial charge in [-0.1, -0.05) is 30.3 Å². The highest BCUT2D eigenvalue weighted by Crippen LogP contribution is 2.17. The molecule has 0 saturated heterocycles. The van der Waals surface area contributed by atoms with Crippen LogP contribution >= 0.6 is 0 Å². The molecular weight excluding hydrogens is 260 g/mol. The zero-order valence-corrected chi connectivity index (χ0v) is 10.4. The summed E-state index contributed by atoms with van der Waals surface area (Å²) in [4.78, 5) is 22.4. The van der Waals surface area contributed by atoms with E-state index < -0.39 is 17.5 Å². The maximum absolute atomic E-state index is 11.9. The number of hydrogen-bond acceptors (Lipinski definition) is 4. The van der Waals surface area contributed by atoms with Crippen molar-refractivity contribution in [2.75, 3.05) is 0 Å². The molecule has 0 bridgehead atoms. The van der Waals surface area contributed by atoms with Gasteiger partial charge in [0.25, 0.3) is 0 Å². The van der Waals surface area contributed by atoms with E-state index in [0.29, 0.717) is 18.3 Å². The van der Waals surface area contributed by atoms with E-state index in [1.54, 1.807) is 0 Å². The summed E-state index contributed by atoms with van der Waals surface area (Å²) in [5.41, 5.74) is 1.20. The van der Waals surface area contributed by atoms with Crippen LogP contribution in [-0.2, 0) is 11.2 Å². The summed E-state index contributed by atoms with van der Waals surface area (Å²) >= 11 is 0. The van der Waals surface area contributed by atoms with Crippen LogP contribution in [0.4, 0.5) is 0 Å². The van der Waals surface area contributed by atoms with Crippen LogP contribution in [0, 0.1) is 0 Å². The summed E-state index contributed by atoms with van der Waals surface area (Å²) in [6.45, 7) is 0. The lowest BCUT2D eigenvalue weighted by Crippen LogP contribution is -2.05. The van der Waals surface area contributed by atoms with E-state index in [0.717, 1.165) is 5.56 Å². The van der Waals surface area contributed by atoms with Crippen molar-refractivity contribution < 1.29 is 24.2 Å². The van der Waals surface area contributed by atoms with Gasteiger partial charge >= 0.3 is 5.97 Å². The van der Waals surface area contributed by atoms with Crippen molar-refractivity contribution in [2.45, 2.75) is 6.42 Å². The number of ketones is 1. The molecule has 0 aliphatic carbocycles. The molecule has 0 aliphatic rings. The van der Waals surface area contributed by atoms with E-state index in [-0.39, 0.29) is 5.56 Å². The molecule has 102 valence electrons. The predicted octanol–water partition coefficient (Wildman–Crippen LogP) is 2.58. The third kappa shape index (κ3) is 3.14. The van der Waals surface area contributed by atoms with Crippen LogP contribution in [0.3, 0.4) is 0 Å². The summed E-state index contributed by atoms with van der Waals surface area (Å²) in [7, 11) is 0. The van der Waals surface area contributed by atoms with E-state index in [9.17, 15) is 9.59 Å². The molecule has 1 aromatic heterocycles. The van der Waals surface area contributed by atoms with E-state index in [1.165, 1.54) is 12.3 Å². The van der Waals surface area contributed by atoms with Crippen LogP contribution in [0.15, 0.2) is 58.9 Å². The second-order valence-corrected chi connectivity index (χ2v) is 4.12. The first-order chi connectivity index (χ1) is 9.58. The van der Waals surface area contributed by atoms with Crippen LogP contribution in [0.2, 0.25) is 0 Å². The minimum atomic E-state index is -1.55. The smallest absolute Gasteiger partial charge is 0.371 e. The van der Waals surface area contributed by atoms with Crippen molar-refractivity contribution in [1.29, 1.82) is 0 Å². The Kier molecular flexibility index (Phi) is 4.00. The molecule has 20 heavy (non-hydrogen) atoms. The van der Waals surface area contributed by atoms with Crippen LogP contribution in [0.5, 0.6) is 0 Å². The zero-order chi connectivity index (χ0) is 14.5. The Morgan fingerprint density at radius 3 is 2.45 bits per heavy atom. The van der Waals surface area contributed by atoms with Gasteiger partial charge in [-0.3, -0.25) is 4.79 Å². The third-order valence-corrected chi connectivity index (χ3v) is 2.71. The van der Waals surface area contributed by atoms with Gasteiger partial charge < -0.3 is 14.6 Å². The highest BCUT2D eigenvalue weighted by Gasteiger charge is 2.15. The van der Waals surface area contributed by atoms with Gasteiger partial charge in [0.05, 0.1) is 11.8 Å². The maximum Gasteiger partial charge on any atom is 0.371 e. The normalized spacial score (nSPS) is 11.3. The monoisotopic (exact) mass is 272 g/mol. The van der Waals surface area contributed by atoms with Crippen molar-refractivity contribution in [2.24, 2.45) is 0 Å². The van der Waals surface area contributed by atoms with Crippen molar-refractivity contribution in [3.63, 3.8) is 0 Å². The molecule has 2 N–H and O–H groups in total. The van der Waals surface area contributed by atoms with Gasteiger partial charge in [0.2, 0.25) is 5.76 Å². The molecule has 0 unspecified atom stereocenters. The second-order valence-electron chi connectivity index (χ2n) is 4.12. The Morgan fingerprint density at radius 1 is 1.10 bits per heavy atom. The number of aliphatic carboxylic acids is 1. The SMILES string of the molecule is O=C(O)/C(O)=C/C(=O)c1ccoc1Cc1ccccc1. The summed E-state index contributed by atoms with van der Waals surface area (Å²) in [5.74, 6) is -2.73. The lowest BCUT2D eigenvalue weighted by atomic mass is 10.0. The molecule has 5 nitrogen and oxygen atoms in total.